The standard InChI is InChI=1S/C60H68N10O2/c1-37-29-51-55(33-47(37)61)69(45-21-22-45)57-35-49(39(3)31-53(57)67-51)63-25-9-5-7-11-27-65-59(71)43-17-13-41(14-18-43)42-15-19-44(20-16-42)60(72)66-28-12-8-6-10-26-64-50-36-58-54(32-40(50)4)68-52-30-38(2)48(62)34-56(52)70(58)46-23-24-46/h13-20,29-36,45-46H,5-12,21-28H2,1-4H3,(H6,61,62,63,64,65,66,71,72)/p+2. The molecule has 10 rings (SSSR count). The molecule has 0 saturated heterocycles. The molecule has 370 valence electrons. The Bertz CT molecular complexity index is 3100. The van der Waals surface area contributed by atoms with Gasteiger partial charge in [0.15, 0.2) is 12.1 Å². The number of aryl methyl sites for hydroxylation is 4. The summed E-state index contributed by atoms with van der Waals surface area (Å²) < 4.78 is 4.89. The number of nitrogen functional groups attached to an aromatic ring is 2. The second-order valence-corrected chi connectivity index (χ2v) is 20.5. The van der Waals surface area contributed by atoms with Crippen LogP contribution in [0.25, 0.3) is 55.3 Å². The quantitative estimate of drug-likeness (QED) is 0.0179. The van der Waals surface area contributed by atoms with Gasteiger partial charge in [-0.05, 0) is 135 Å². The van der Waals surface area contributed by atoms with Gasteiger partial charge in [0.1, 0.15) is 22.1 Å². The molecule has 6 aromatic carbocycles. The van der Waals surface area contributed by atoms with Gasteiger partial charge in [-0.1, -0.05) is 49.9 Å². The molecular weight excluding hydrogens is 893 g/mol. The fraction of sp³-hybridized carbons (Fsp3) is 0.367. The van der Waals surface area contributed by atoms with E-state index < -0.39 is 0 Å². The maximum atomic E-state index is 13.0. The number of nitrogens with two attached hydrogens (primary N) is 2. The first-order valence-corrected chi connectivity index (χ1v) is 26.3. The van der Waals surface area contributed by atoms with Crippen molar-refractivity contribution < 1.29 is 18.7 Å². The Morgan fingerprint density at radius 3 is 1.15 bits per heavy atom. The molecule has 12 nitrogen and oxygen atoms in total. The van der Waals surface area contributed by atoms with Crippen LogP contribution in [0, 0.1) is 27.7 Å². The number of hydrogen-bond acceptors (Lipinski definition) is 8. The minimum absolute atomic E-state index is 0.0616. The number of nitrogens with zero attached hydrogens (tertiary/aromatic N) is 4. The SMILES string of the molecule is Cc1cc2nc3cc(C)c(NCCCCCCNC(=O)c4ccc(-c5ccc(C(=O)NCCCCCCNc6cc7c(cc6C)nc6cc(C)c(N)cc6[n+]7C6CC6)cc5)cc4)cc3[n+](C3CC3)c2cc1N. The summed E-state index contributed by atoms with van der Waals surface area (Å²) in [6.07, 6.45) is 12.9. The highest BCUT2D eigenvalue weighted by molar-refractivity contribution is 5.96. The lowest BCUT2D eigenvalue weighted by molar-refractivity contribution is -0.649. The number of nitrogens with one attached hydrogen (secondary N) is 4. The van der Waals surface area contributed by atoms with E-state index in [0.717, 1.165) is 154 Å². The molecule has 0 aliphatic heterocycles. The van der Waals surface area contributed by atoms with E-state index in [4.69, 9.17) is 21.4 Å². The molecule has 72 heavy (non-hydrogen) atoms. The summed E-state index contributed by atoms with van der Waals surface area (Å²) in [5.41, 5.74) is 33.0. The van der Waals surface area contributed by atoms with Crippen molar-refractivity contribution in [1.29, 1.82) is 0 Å². The molecule has 2 saturated carbocycles. The fourth-order valence-corrected chi connectivity index (χ4v) is 10.1. The first-order valence-electron chi connectivity index (χ1n) is 26.3. The van der Waals surface area contributed by atoms with Crippen molar-refractivity contribution in [3.05, 3.63) is 130 Å². The predicted octanol–water partition coefficient (Wildman–Crippen LogP) is 11.2. The summed E-state index contributed by atoms with van der Waals surface area (Å²) in [5, 5.41) is 13.6. The third-order valence-electron chi connectivity index (χ3n) is 14.8. The highest BCUT2D eigenvalue weighted by Gasteiger charge is 2.37. The van der Waals surface area contributed by atoms with Crippen LogP contribution in [-0.4, -0.2) is 48.0 Å². The molecule has 2 heterocycles. The van der Waals surface area contributed by atoms with Crippen LogP contribution in [0.5, 0.6) is 0 Å². The first-order chi connectivity index (χ1) is 35.0. The molecule has 2 aliphatic carbocycles. The van der Waals surface area contributed by atoms with Crippen LogP contribution in [0.4, 0.5) is 22.7 Å². The molecule has 2 aliphatic rings. The van der Waals surface area contributed by atoms with Crippen LogP contribution in [-0.2, 0) is 0 Å². The van der Waals surface area contributed by atoms with E-state index in [1.165, 1.54) is 36.8 Å². The third-order valence-corrected chi connectivity index (χ3v) is 14.8. The fourth-order valence-electron chi connectivity index (χ4n) is 10.1. The van der Waals surface area contributed by atoms with Crippen LogP contribution >= 0.6 is 0 Å². The van der Waals surface area contributed by atoms with E-state index in [0.29, 0.717) is 36.3 Å². The average Bonchev–Trinajstić information content (AvgIpc) is 4.32. The Hall–Kier alpha value is -7.34. The van der Waals surface area contributed by atoms with Gasteiger partial charge >= 0.3 is 0 Å². The van der Waals surface area contributed by atoms with Crippen LogP contribution in [0.15, 0.2) is 97.1 Å². The van der Waals surface area contributed by atoms with Gasteiger partial charge < -0.3 is 32.7 Å². The summed E-state index contributed by atoms with van der Waals surface area (Å²) in [7, 11) is 0. The molecule has 2 aromatic heterocycles. The van der Waals surface area contributed by atoms with E-state index in [-0.39, 0.29) is 11.8 Å². The maximum Gasteiger partial charge on any atom is 0.251 e. The van der Waals surface area contributed by atoms with E-state index in [1.54, 1.807) is 0 Å². The highest BCUT2D eigenvalue weighted by Crippen LogP contribution is 2.36. The normalized spacial score (nSPS) is 13.6. The Balaban J connectivity index is 0.606. The zero-order valence-corrected chi connectivity index (χ0v) is 42.5. The number of rotatable bonds is 21. The number of unbranched alkanes of at least 4 members (excludes halogenated alkanes) is 6. The van der Waals surface area contributed by atoms with E-state index in [1.807, 2.05) is 62.4 Å². The van der Waals surface area contributed by atoms with Gasteiger partial charge in [0.05, 0.1) is 0 Å². The number of amides is 2. The van der Waals surface area contributed by atoms with Gasteiger partial charge in [-0.3, -0.25) is 9.59 Å². The summed E-state index contributed by atoms with van der Waals surface area (Å²) >= 11 is 0. The zero-order valence-electron chi connectivity index (χ0n) is 42.5. The summed E-state index contributed by atoms with van der Waals surface area (Å²) in [6, 6.07) is 33.7. The summed E-state index contributed by atoms with van der Waals surface area (Å²) in [5.74, 6) is -0.123. The number of aromatic nitrogens is 4. The number of carbonyl (C=O) groups is 2. The van der Waals surface area contributed by atoms with Gasteiger partial charge in [-0.25, -0.2) is 9.97 Å². The number of hydrogen-bond donors (Lipinski definition) is 6. The molecule has 12 heteroatoms. The molecule has 0 unspecified atom stereocenters. The smallest absolute Gasteiger partial charge is 0.251 e. The number of anilines is 4. The highest BCUT2D eigenvalue weighted by atomic mass is 16.2. The second kappa shape index (κ2) is 21.2. The largest absolute Gasteiger partial charge is 0.398 e. The third kappa shape index (κ3) is 10.8. The monoisotopic (exact) mass is 963 g/mol. The first kappa shape index (κ1) is 48.3. The summed E-state index contributed by atoms with van der Waals surface area (Å²) in [4.78, 5) is 36.0. The molecule has 0 atom stereocenters. The minimum Gasteiger partial charge on any atom is -0.398 e. The molecular formula is C60H70N10O2+2. The van der Waals surface area contributed by atoms with Crippen LogP contribution in [0.1, 0.15) is 132 Å². The van der Waals surface area contributed by atoms with Crippen LogP contribution in [0.3, 0.4) is 0 Å². The van der Waals surface area contributed by atoms with Gasteiger partial charge in [0.2, 0.25) is 22.1 Å². The van der Waals surface area contributed by atoms with Crippen molar-refractivity contribution >= 4 is 78.7 Å². The predicted molar refractivity (Wildman–Crippen MR) is 294 cm³/mol. The molecule has 0 radical (unpaired) electrons. The molecule has 8 N–H and O–H groups in total. The lowest BCUT2D eigenvalue weighted by Gasteiger charge is -2.12. The number of carbonyl (C=O) groups excluding carboxylic acids is 2. The van der Waals surface area contributed by atoms with Gasteiger partial charge in [-0.15, -0.1) is 0 Å². The number of fused-ring (bicyclic) bond motifs is 4. The van der Waals surface area contributed by atoms with Gasteiger partial charge in [0.25, 0.3) is 11.8 Å². The Morgan fingerprint density at radius 1 is 0.458 bits per heavy atom. The molecule has 0 spiro atoms. The van der Waals surface area contributed by atoms with Crippen molar-refractivity contribution in [2.45, 2.75) is 117 Å². The Kier molecular flexibility index (Phi) is 14.2. The van der Waals surface area contributed by atoms with Crippen molar-refractivity contribution in [1.82, 2.24) is 20.6 Å². The topological polar surface area (TPSA) is 168 Å². The lowest BCUT2D eigenvalue weighted by atomic mass is 10.0. The van der Waals surface area contributed by atoms with E-state index >= 15 is 0 Å². The lowest BCUT2D eigenvalue weighted by Crippen LogP contribution is -2.35. The van der Waals surface area contributed by atoms with Crippen molar-refractivity contribution in [2.24, 2.45) is 0 Å². The van der Waals surface area contributed by atoms with Crippen LogP contribution in [0.2, 0.25) is 0 Å². The minimum atomic E-state index is -0.0616. The van der Waals surface area contributed by atoms with Crippen molar-refractivity contribution in [3.63, 3.8) is 0 Å². The second-order valence-electron chi connectivity index (χ2n) is 20.5. The van der Waals surface area contributed by atoms with Crippen LogP contribution < -0.4 is 41.9 Å². The Morgan fingerprint density at radius 2 is 0.792 bits per heavy atom. The molecule has 2 amide bonds. The maximum absolute atomic E-state index is 13.0. The van der Waals surface area contributed by atoms with E-state index in [9.17, 15) is 9.59 Å². The van der Waals surface area contributed by atoms with E-state index in [2.05, 4.69) is 92.8 Å². The molecule has 0 bridgehead atoms. The average molecular weight is 963 g/mol. The Labute approximate surface area is 423 Å². The number of benzene rings is 6. The summed E-state index contributed by atoms with van der Waals surface area (Å²) in [6.45, 7) is 11.5. The molecule has 2 fully saturated rings. The molecule has 8 aromatic rings. The van der Waals surface area contributed by atoms with Gasteiger partial charge in [0, 0.05) is 110 Å². The van der Waals surface area contributed by atoms with Crippen molar-refractivity contribution in [3.8, 4) is 11.1 Å². The van der Waals surface area contributed by atoms with Gasteiger partial charge in [-0.2, -0.15) is 9.13 Å². The zero-order chi connectivity index (χ0) is 49.9. The van der Waals surface area contributed by atoms with Crippen molar-refractivity contribution in [2.75, 3.05) is 48.3 Å².